The molecule has 0 aromatic carbocycles. The van der Waals surface area contributed by atoms with E-state index in [4.69, 9.17) is 9.79 Å². The number of hydrogen-bond acceptors (Lipinski definition) is 3. The highest BCUT2D eigenvalue weighted by atomic mass is 31.2. The molecule has 12 heavy (non-hydrogen) atoms. The van der Waals surface area contributed by atoms with E-state index in [0.29, 0.717) is 0 Å². The summed E-state index contributed by atoms with van der Waals surface area (Å²) in [7, 11) is -2.71. The molecule has 72 valence electrons. The predicted molar refractivity (Wildman–Crippen MR) is 41.9 cm³/mol. The van der Waals surface area contributed by atoms with Crippen molar-refractivity contribution in [2.75, 3.05) is 19.8 Å². The van der Waals surface area contributed by atoms with E-state index in [1.165, 1.54) is 7.11 Å². The molecule has 3 N–H and O–H groups in total. The van der Waals surface area contributed by atoms with Gasteiger partial charge in [-0.3, -0.25) is 4.57 Å². The minimum absolute atomic E-state index is 0.206. The van der Waals surface area contributed by atoms with Gasteiger partial charge in [0.1, 0.15) is 0 Å². The molecule has 0 rings (SSSR count). The molecule has 0 radical (unpaired) electrons. The Labute approximate surface area is 70.1 Å². The van der Waals surface area contributed by atoms with Gasteiger partial charge in [-0.05, 0) is 6.42 Å². The van der Waals surface area contributed by atoms with Gasteiger partial charge in [0.05, 0.1) is 13.3 Å². The lowest BCUT2D eigenvalue weighted by Gasteiger charge is -2.04. The molecule has 0 bridgehead atoms. The summed E-state index contributed by atoms with van der Waals surface area (Å²) in [4.78, 5) is 27.2. The smallest absolute Gasteiger partial charge is 0.406 e. The second-order valence-corrected chi connectivity index (χ2v) is 3.94. The number of carbonyl (C=O) groups excluding carboxylic acids is 1. The molecular formula is C5H12NO5P. The largest absolute Gasteiger partial charge is 0.453 e. The van der Waals surface area contributed by atoms with Crippen molar-refractivity contribution in [3.8, 4) is 0 Å². The molecular weight excluding hydrogens is 185 g/mol. The van der Waals surface area contributed by atoms with Crippen LogP contribution in [0.4, 0.5) is 4.79 Å². The third-order valence-corrected chi connectivity index (χ3v) is 1.98. The first-order valence-corrected chi connectivity index (χ1v) is 5.12. The number of hydrogen-bond donors (Lipinski definition) is 3. The summed E-state index contributed by atoms with van der Waals surface area (Å²) in [5, 5.41) is 2.30. The molecule has 0 aliphatic heterocycles. The number of ether oxygens (including phenoxy) is 1. The minimum Gasteiger partial charge on any atom is -0.453 e. The van der Waals surface area contributed by atoms with Gasteiger partial charge in [0.25, 0.3) is 0 Å². The molecule has 0 aliphatic rings. The second-order valence-electron chi connectivity index (χ2n) is 2.16. The molecule has 0 fully saturated rings. The van der Waals surface area contributed by atoms with E-state index in [1.54, 1.807) is 0 Å². The van der Waals surface area contributed by atoms with Gasteiger partial charge in [0.15, 0.2) is 0 Å². The summed E-state index contributed by atoms with van der Waals surface area (Å²) in [6.45, 7) is 0.206. The molecule has 0 saturated carbocycles. The highest BCUT2D eigenvalue weighted by Gasteiger charge is 2.11. The lowest BCUT2D eigenvalue weighted by Crippen LogP contribution is -2.24. The fraction of sp³-hybridized carbons (Fsp3) is 0.800. The summed E-state index contributed by atoms with van der Waals surface area (Å²) in [5.74, 6) is 0. The monoisotopic (exact) mass is 197 g/mol. The molecule has 6 nitrogen and oxygen atoms in total. The van der Waals surface area contributed by atoms with Gasteiger partial charge in [-0.2, -0.15) is 0 Å². The summed E-state index contributed by atoms with van der Waals surface area (Å²) in [6.07, 6.45) is -0.586. The average molecular weight is 197 g/mol. The fourth-order valence-corrected chi connectivity index (χ4v) is 1.12. The average Bonchev–Trinajstić information content (AvgIpc) is 1.96. The topological polar surface area (TPSA) is 95.9 Å². The van der Waals surface area contributed by atoms with Gasteiger partial charge >= 0.3 is 13.7 Å². The Bertz CT molecular complexity index is 188. The van der Waals surface area contributed by atoms with E-state index in [-0.39, 0.29) is 19.1 Å². The van der Waals surface area contributed by atoms with Crippen molar-refractivity contribution in [1.82, 2.24) is 5.32 Å². The van der Waals surface area contributed by atoms with Crippen LogP contribution in [0.5, 0.6) is 0 Å². The molecule has 0 aliphatic carbocycles. The van der Waals surface area contributed by atoms with Crippen LogP contribution in [0.3, 0.4) is 0 Å². The van der Waals surface area contributed by atoms with Crippen molar-refractivity contribution in [2.24, 2.45) is 0 Å². The molecule has 0 atom stereocenters. The van der Waals surface area contributed by atoms with Gasteiger partial charge < -0.3 is 19.8 Å². The first kappa shape index (κ1) is 11.4. The van der Waals surface area contributed by atoms with Gasteiger partial charge in [-0.25, -0.2) is 4.79 Å². The lowest BCUT2D eigenvalue weighted by molar-refractivity contribution is 0.171. The van der Waals surface area contributed by atoms with Crippen LogP contribution in [0, 0.1) is 0 Å². The molecule has 0 saturated heterocycles. The quantitative estimate of drug-likeness (QED) is 0.432. The minimum atomic E-state index is -3.93. The van der Waals surface area contributed by atoms with E-state index in [2.05, 4.69) is 10.1 Å². The second kappa shape index (κ2) is 5.13. The molecule has 0 unspecified atom stereocenters. The van der Waals surface area contributed by atoms with Crippen molar-refractivity contribution in [2.45, 2.75) is 6.42 Å². The Balaban J connectivity index is 3.34. The zero-order chi connectivity index (χ0) is 9.61. The van der Waals surface area contributed by atoms with Crippen LogP contribution in [0.15, 0.2) is 0 Å². The summed E-state index contributed by atoms with van der Waals surface area (Å²) >= 11 is 0. The number of nitrogens with one attached hydrogen (secondary N) is 1. The Kier molecular flexibility index (Phi) is 4.89. The Morgan fingerprint density at radius 2 is 2.17 bits per heavy atom. The summed E-state index contributed by atoms with van der Waals surface area (Å²) < 4.78 is 14.5. The third kappa shape index (κ3) is 7.53. The first-order valence-electron chi connectivity index (χ1n) is 3.32. The van der Waals surface area contributed by atoms with Crippen molar-refractivity contribution < 1.29 is 23.9 Å². The molecule has 7 heteroatoms. The van der Waals surface area contributed by atoms with Gasteiger partial charge in [0, 0.05) is 6.54 Å². The normalized spacial score (nSPS) is 10.9. The third-order valence-electron chi connectivity index (χ3n) is 1.08. The predicted octanol–water partition coefficient (Wildman–Crippen LogP) is -0.0898. The molecule has 1 amide bonds. The van der Waals surface area contributed by atoms with Gasteiger partial charge in [-0.1, -0.05) is 0 Å². The Morgan fingerprint density at radius 3 is 2.58 bits per heavy atom. The molecule has 0 spiro atoms. The number of methoxy groups -OCH3 is 1. The van der Waals surface area contributed by atoms with Crippen LogP contribution < -0.4 is 5.32 Å². The number of carbonyl (C=O) groups is 1. The maximum absolute atomic E-state index is 10.4. The van der Waals surface area contributed by atoms with Crippen LogP contribution in [-0.2, 0) is 9.30 Å². The lowest BCUT2D eigenvalue weighted by atomic mass is 10.5. The highest BCUT2D eigenvalue weighted by Crippen LogP contribution is 2.34. The van der Waals surface area contributed by atoms with E-state index in [9.17, 15) is 9.36 Å². The highest BCUT2D eigenvalue weighted by molar-refractivity contribution is 7.51. The number of amides is 1. The standard InChI is InChI=1S/C5H12NO5P/c1-11-5(7)6-3-2-4-12(8,9)10/h2-4H2,1H3,(H,6,7)(H2,8,9,10). The maximum Gasteiger partial charge on any atom is 0.406 e. The van der Waals surface area contributed by atoms with Crippen LogP contribution in [0.25, 0.3) is 0 Å². The van der Waals surface area contributed by atoms with Crippen molar-refractivity contribution >= 4 is 13.7 Å². The van der Waals surface area contributed by atoms with E-state index < -0.39 is 13.7 Å². The van der Waals surface area contributed by atoms with Gasteiger partial charge in [0.2, 0.25) is 0 Å². The summed E-state index contributed by atoms with van der Waals surface area (Å²) in [6, 6.07) is 0. The van der Waals surface area contributed by atoms with E-state index in [1.807, 2.05) is 0 Å². The summed E-state index contributed by atoms with van der Waals surface area (Å²) in [5.41, 5.74) is 0. The number of alkyl carbamates (subject to hydrolysis) is 1. The van der Waals surface area contributed by atoms with Gasteiger partial charge in [-0.15, -0.1) is 0 Å². The van der Waals surface area contributed by atoms with E-state index in [0.717, 1.165) is 0 Å². The zero-order valence-electron chi connectivity index (χ0n) is 6.69. The first-order chi connectivity index (χ1) is 5.45. The van der Waals surface area contributed by atoms with Crippen molar-refractivity contribution in [3.05, 3.63) is 0 Å². The van der Waals surface area contributed by atoms with Crippen LogP contribution in [0.2, 0.25) is 0 Å². The zero-order valence-corrected chi connectivity index (χ0v) is 7.58. The molecule has 0 heterocycles. The molecule has 0 aromatic rings. The fourth-order valence-electron chi connectivity index (χ4n) is 0.548. The number of rotatable bonds is 4. The van der Waals surface area contributed by atoms with Crippen LogP contribution >= 0.6 is 7.60 Å². The van der Waals surface area contributed by atoms with Crippen LogP contribution in [0.1, 0.15) is 6.42 Å². The Morgan fingerprint density at radius 1 is 1.58 bits per heavy atom. The van der Waals surface area contributed by atoms with Crippen molar-refractivity contribution in [3.63, 3.8) is 0 Å². The van der Waals surface area contributed by atoms with Crippen LogP contribution in [-0.4, -0.2) is 35.7 Å². The SMILES string of the molecule is COC(=O)NCCCP(=O)(O)O. The molecule has 0 aromatic heterocycles. The maximum atomic E-state index is 10.4. The van der Waals surface area contributed by atoms with E-state index >= 15 is 0 Å². The van der Waals surface area contributed by atoms with Crippen molar-refractivity contribution in [1.29, 1.82) is 0 Å². The Hall–Kier alpha value is -0.580.